The normalized spacial score (nSPS) is 10.5. The molecule has 1 amide bonds. The summed E-state index contributed by atoms with van der Waals surface area (Å²) in [5, 5.41) is 10.6. The predicted octanol–water partition coefficient (Wildman–Crippen LogP) is 4.97. The molecule has 1 heterocycles. The summed E-state index contributed by atoms with van der Waals surface area (Å²) in [6.45, 7) is 7.53. The zero-order valence-corrected chi connectivity index (χ0v) is 18.0. The quantitative estimate of drug-likeness (QED) is 0.434. The van der Waals surface area contributed by atoms with Gasteiger partial charge >= 0.3 is 6.01 Å². The van der Waals surface area contributed by atoms with Gasteiger partial charge in [0.15, 0.2) is 11.5 Å². The zero-order valence-electron chi connectivity index (χ0n) is 18.0. The molecule has 31 heavy (non-hydrogen) atoms. The van der Waals surface area contributed by atoms with Gasteiger partial charge < -0.3 is 18.6 Å². The van der Waals surface area contributed by atoms with Crippen LogP contribution in [0.15, 0.2) is 46.9 Å². The summed E-state index contributed by atoms with van der Waals surface area (Å²) in [5.74, 6) is 1.77. The lowest BCUT2D eigenvalue weighted by Gasteiger charge is -2.11. The molecule has 0 radical (unpaired) electrons. The van der Waals surface area contributed by atoms with Crippen molar-refractivity contribution in [1.29, 1.82) is 0 Å². The molecule has 0 unspecified atom stereocenters. The number of carbonyl (C=O) groups excluding carboxylic acids is 1. The van der Waals surface area contributed by atoms with Crippen molar-refractivity contribution >= 4 is 11.9 Å². The van der Waals surface area contributed by atoms with Gasteiger partial charge in [0.1, 0.15) is 5.75 Å². The van der Waals surface area contributed by atoms with E-state index in [9.17, 15) is 4.79 Å². The predicted molar refractivity (Wildman–Crippen MR) is 117 cm³/mol. The minimum Gasteiger partial charge on any atom is -0.494 e. The fraction of sp³-hybridized carbons (Fsp3) is 0.348. The number of hydrogen-bond donors (Lipinski definition) is 1. The van der Waals surface area contributed by atoms with Crippen molar-refractivity contribution in [2.45, 2.75) is 33.6 Å². The third kappa shape index (κ3) is 5.97. The molecule has 3 aromatic rings. The highest BCUT2D eigenvalue weighted by Gasteiger charge is 2.15. The van der Waals surface area contributed by atoms with Crippen LogP contribution in [0.1, 0.15) is 44.0 Å². The summed E-state index contributed by atoms with van der Waals surface area (Å²) in [4.78, 5) is 12.6. The number of unbranched alkanes of at least 4 members (excludes halogenated alkanes) is 1. The van der Waals surface area contributed by atoms with Gasteiger partial charge in [0.2, 0.25) is 5.89 Å². The molecular formula is C23H27N3O5. The molecule has 1 aromatic heterocycles. The van der Waals surface area contributed by atoms with Gasteiger partial charge in [0, 0.05) is 11.1 Å². The Hall–Kier alpha value is -3.55. The van der Waals surface area contributed by atoms with Gasteiger partial charge in [0.05, 0.1) is 19.8 Å². The molecule has 0 spiro atoms. The molecule has 0 atom stereocenters. The second kappa shape index (κ2) is 11.0. The van der Waals surface area contributed by atoms with E-state index in [2.05, 4.69) is 22.4 Å². The minimum atomic E-state index is -0.363. The van der Waals surface area contributed by atoms with Crippen molar-refractivity contribution in [3.8, 4) is 28.7 Å². The first-order valence-corrected chi connectivity index (χ1v) is 10.4. The molecule has 3 rings (SSSR count). The van der Waals surface area contributed by atoms with E-state index < -0.39 is 0 Å². The van der Waals surface area contributed by atoms with Crippen LogP contribution in [-0.4, -0.2) is 35.9 Å². The van der Waals surface area contributed by atoms with E-state index in [0.29, 0.717) is 48.2 Å². The molecule has 0 aliphatic rings. The summed E-state index contributed by atoms with van der Waals surface area (Å²) in [6.07, 6.45) is 2.00. The van der Waals surface area contributed by atoms with Gasteiger partial charge in [-0.1, -0.05) is 24.5 Å². The van der Waals surface area contributed by atoms with Gasteiger partial charge in [-0.05, 0) is 56.7 Å². The highest BCUT2D eigenvalue weighted by atomic mass is 16.5. The second-order valence-corrected chi connectivity index (χ2v) is 6.62. The molecule has 164 valence electrons. The Morgan fingerprint density at radius 2 is 1.77 bits per heavy atom. The van der Waals surface area contributed by atoms with Crippen LogP contribution < -0.4 is 19.5 Å². The van der Waals surface area contributed by atoms with Gasteiger partial charge in [0.25, 0.3) is 5.91 Å². The number of anilines is 1. The summed E-state index contributed by atoms with van der Waals surface area (Å²) in [7, 11) is 0. The van der Waals surface area contributed by atoms with E-state index >= 15 is 0 Å². The Kier molecular flexibility index (Phi) is 7.86. The highest BCUT2D eigenvalue weighted by molar-refractivity contribution is 6.03. The van der Waals surface area contributed by atoms with Crippen molar-refractivity contribution < 1.29 is 23.4 Å². The van der Waals surface area contributed by atoms with Crippen LogP contribution in [0.25, 0.3) is 11.5 Å². The largest absolute Gasteiger partial charge is 0.494 e. The Morgan fingerprint density at radius 1 is 0.968 bits per heavy atom. The van der Waals surface area contributed by atoms with E-state index in [1.807, 2.05) is 19.9 Å². The molecule has 0 bridgehead atoms. The number of benzene rings is 2. The third-order valence-electron chi connectivity index (χ3n) is 4.30. The maximum atomic E-state index is 12.6. The summed E-state index contributed by atoms with van der Waals surface area (Å²) >= 11 is 0. The number of nitrogens with one attached hydrogen (secondary N) is 1. The maximum Gasteiger partial charge on any atom is 0.322 e. The fourth-order valence-corrected chi connectivity index (χ4v) is 2.81. The first kappa shape index (κ1) is 22.1. The monoisotopic (exact) mass is 425 g/mol. The van der Waals surface area contributed by atoms with Crippen molar-refractivity contribution in [2.75, 3.05) is 25.1 Å². The first-order valence-electron chi connectivity index (χ1n) is 10.4. The van der Waals surface area contributed by atoms with Crippen molar-refractivity contribution in [3.05, 3.63) is 48.0 Å². The number of nitrogens with zero attached hydrogens (tertiary/aromatic N) is 2. The van der Waals surface area contributed by atoms with Crippen LogP contribution in [-0.2, 0) is 0 Å². The standard InChI is InChI=1S/C23H27N3O5/c1-4-7-13-30-18-10-8-9-16(14-18)21(27)24-23-26-25-22(31-23)17-11-12-19(28-5-2)20(15-17)29-6-3/h8-12,14-15H,4-7,13H2,1-3H3,(H,24,26,27). The average molecular weight is 425 g/mol. The Morgan fingerprint density at radius 3 is 2.55 bits per heavy atom. The van der Waals surface area contributed by atoms with Crippen LogP contribution in [0.2, 0.25) is 0 Å². The topological polar surface area (TPSA) is 95.7 Å². The molecule has 2 aromatic carbocycles. The third-order valence-corrected chi connectivity index (χ3v) is 4.30. The molecule has 0 saturated carbocycles. The van der Waals surface area contributed by atoms with Gasteiger partial charge in [-0.2, -0.15) is 0 Å². The molecule has 1 N–H and O–H groups in total. The van der Waals surface area contributed by atoms with Gasteiger partial charge in [-0.3, -0.25) is 10.1 Å². The molecular weight excluding hydrogens is 398 g/mol. The molecule has 8 heteroatoms. The molecule has 0 aliphatic carbocycles. The summed E-state index contributed by atoms with van der Waals surface area (Å²) in [6, 6.07) is 12.3. The van der Waals surface area contributed by atoms with Crippen LogP contribution in [0, 0.1) is 0 Å². The van der Waals surface area contributed by atoms with Crippen LogP contribution in [0.5, 0.6) is 17.2 Å². The fourth-order valence-electron chi connectivity index (χ4n) is 2.81. The van der Waals surface area contributed by atoms with Gasteiger partial charge in [-0.25, -0.2) is 0 Å². The van der Waals surface area contributed by atoms with E-state index in [-0.39, 0.29) is 17.8 Å². The number of carbonyl (C=O) groups is 1. The van der Waals surface area contributed by atoms with Gasteiger partial charge in [-0.15, -0.1) is 5.10 Å². The highest BCUT2D eigenvalue weighted by Crippen LogP contribution is 2.33. The van der Waals surface area contributed by atoms with Crippen LogP contribution in [0.4, 0.5) is 6.01 Å². The number of amides is 1. The summed E-state index contributed by atoms with van der Waals surface area (Å²) in [5.41, 5.74) is 1.10. The Labute approximate surface area is 181 Å². The molecule has 0 fully saturated rings. The van der Waals surface area contributed by atoms with Crippen molar-refractivity contribution in [3.63, 3.8) is 0 Å². The zero-order chi connectivity index (χ0) is 22.1. The average Bonchev–Trinajstić information content (AvgIpc) is 3.24. The van der Waals surface area contributed by atoms with E-state index in [0.717, 1.165) is 12.8 Å². The second-order valence-electron chi connectivity index (χ2n) is 6.62. The Balaban J connectivity index is 1.70. The molecule has 0 saturated heterocycles. The van der Waals surface area contributed by atoms with Crippen LogP contribution in [0.3, 0.4) is 0 Å². The van der Waals surface area contributed by atoms with E-state index in [4.69, 9.17) is 18.6 Å². The van der Waals surface area contributed by atoms with Crippen molar-refractivity contribution in [1.82, 2.24) is 10.2 Å². The lowest BCUT2D eigenvalue weighted by molar-refractivity contribution is 0.102. The number of aromatic nitrogens is 2. The number of hydrogen-bond acceptors (Lipinski definition) is 7. The Bertz CT molecular complexity index is 1000. The smallest absolute Gasteiger partial charge is 0.322 e. The maximum absolute atomic E-state index is 12.6. The van der Waals surface area contributed by atoms with Crippen molar-refractivity contribution in [2.24, 2.45) is 0 Å². The van der Waals surface area contributed by atoms with Crippen LogP contribution >= 0.6 is 0 Å². The minimum absolute atomic E-state index is 0.00384. The molecule has 8 nitrogen and oxygen atoms in total. The summed E-state index contributed by atoms with van der Waals surface area (Å²) < 4.78 is 22.5. The first-order chi connectivity index (χ1) is 15.1. The van der Waals surface area contributed by atoms with E-state index in [1.165, 1.54) is 0 Å². The number of ether oxygens (including phenoxy) is 3. The lowest BCUT2D eigenvalue weighted by Crippen LogP contribution is -2.12. The molecule has 0 aliphatic heterocycles. The van der Waals surface area contributed by atoms with E-state index in [1.54, 1.807) is 36.4 Å². The number of rotatable bonds is 11. The lowest BCUT2D eigenvalue weighted by atomic mass is 10.2. The SMILES string of the molecule is CCCCOc1cccc(C(=O)Nc2nnc(-c3ccc(OCC)c(OCC)c3)o2)c1.